The molecule has 0 radical (unpaired) electrons. The van der Waals surface area contributed by atoms with Crippen molar-refractivity contribution in [2.45, 2.75) is 51.2 Å². The number of nitrogens with two attached hydrogens (primary N) is 1. The molecular formula is C23H28ClN3O3. The van der Waals surface area contributed by atoms with Gasteiger partial charge in [0, 0.05) is 23.7 Å². The molecule has 1 fully saturated rings. The molecule has 0 bridgehead atoms. The maximum atomic E-state index is 12.8. The third-order valence-electron chi connectivity index (χ3n) is 5.92. The van der Waals surface area contributed by atoms with Crippen LogP contribution in [0.4, 0.5) is 0 Å². The van der Waals surface area contributed by atoms with Gasteiger partial charge >= 0.3 is 0 Å². The highest BCUT2D eigenvalue weighted by molar-refractivity contribution is 6.30. The van der Waals surface area contributed by atoms with E-state index in [1.54, 1.807) is 26.0 Å². The number of nitrogens with zero attached hydrogens (tertiary/aromatic N) is 1. The summed E-state index contributed by atoms with van der Waals surface area (Å²) < 4.78 is 0. The first-order valence-corrected chi connectivity index (χ1v) is 10.5. The summed E-state index contributed by atoms with van der Waals surface area (Å²) in [6.07, 6.45) is 1.44. The van der Waals surface area contributed by atoms with Crippen LogP contribution < -0.4 is 11.1 Å². The lowest BCUT2D eigenvalue weighted by molar-refractivity contribution is -0.132. The highest BCUT2D eigenvalue weighted by Crippen LogP contribution is 2.32. The zero-order valence-electron chi connectivity index (χ0n) is 17.3. The summed E-state index contributed by atoms with van der Waals surface area (Å²) in [7, 11) is 0. The first kappa shape index (κ1) is 22.1. The molecular weight excluding hydrogens is 402 g/mol. The molecule has 2 unspecified atom stereocenters. The van der Waals surface area contributed by atoms with Crippen LogP contribution in [0, 0.1) is 6.92 Å². The van der Waals surface area contributed by atoms with E-state index in [0.717, 1.165) is 6.42 Å². The molecule has 3 atom stereocenters. The minimum Gasteiger partial charge on any atom is -0.507 e. The number of halogens is 1. The molecule has 160 valence electrons. The van der Waals surface area contributed by atoms with Crippen molar-refractivity contribution in [1.29, 1.82) is 0 Å². The number of aromatic hydroxyl groups is 1. The molecule has 0 aromatic heterocycles. The maximum absolute atomic E-state index is 12.8. The second kappa shape index (κ2) is 9.49. The molecule has 0 saturated carbocycles. The van der Waals surface area contributed by atoms with Crippen LogP contribution in [0.5, 0.6) is 5.75 Å². The smallest absolute Gasteiger partial charge is 0.237 e. The Balaban J connectivity index is 1.67. The summed E-state index contributed by atoms with van der Waals surface area (Å²) in [6.45, 7) is 4.28. The number of carbonyl (C=O) groups is 2. The number of primary amides is 1. The average Bonchev–Trinajstić information content (AvgIpc) is 2.74. The van der Waals surface area contributed by atoms with E-state index >= 15 is 0 Å². The van der Waals surface area contributed by atoms with E-state index in [1.165, 1.54) is 5.56 Å². The summed E-state index contributed by atoms with van der Waals surface area (Å²) in [4.78, 5) is 26.8. The van der Waals surface area contributed by atoms with Crippen LogP contribution in [0.1, 0.15) is 42.4 Å². The Hall–Kier alpha value is -2.57. The number of phenols is 1. The van der Waals surface area contributed by atoms with Crippen molar-refractivity contribution >= 4 is 23.4 Å². The summed E-state index contributed by atoms with van der Waals surface area (Å²) in [5.74, 6) is -0.289. The van der Waals surface area contributed by atoms with E-state index < -0.39 is 18.0 Å². The zero-order chi connectivity index (χ0) is 21.8. The first-order chi connectivity index (χ1) is 14.3. The zero-order valence-corrected chi connectivity index (χ0v) is 18.0. The van der Waals surface area contributed by atoms with Gasteiger partial charge in [0.1, 0.15) is 5.75 Å². The van der Waals surface area contributed by atoms with Crippen molar-refractivity contribution < 1.29 is 14.7 Å². The van der Waals surface area contributed by atoms with Gasteiger partial charge in [-0.2, -0.15) is 0 Å². The Kier molecular flexibility index (Phi) is 7.00. The molecule has 2 amide bonds. The standard InChI is InChI=1S/C23H28ClN3O3/c1-14-10-19(24)11-18(21(14)28)13-26-23(30)15(2)27-9-8-17(12-20(27)22(25)29)16-6-4-3-5-7-16/h3-7,10-11,15,17,20,28H,8-9,12-13H2,1-2H3,(H2,25,29)(H,26,30)/t15-,17?,20?/m0/s1. The predicted molar refractivity (Wildman–Crippen MR) is 117 cm³/mol. The quantitative estimate of drug-likeness (QED) is 0.657. The van der Waals surface area contributed by atoms with Gasteiger partial charge in [-0.3, -0.25) is 14.5 Å². The molecule has 2 aromatic rings. The average molecular weight is 430 g/mol. The lowest BCUT2D eigenvalue weighted by Crippen LogP contribution is -2.56. The number of hydrogen-bond donors (Lipinski definition) is 3. The van der Waals surface area contributed by atoms with Gasteiger partial charge in [-0.05, 0) is 55.9 Å². The van der Waals surface area contributed by atoms with Crippen LogP contribution in [-0.2, 0) is 16.1 Å². The van der Waals surface area contributed by atoms with E-state index in [9.17, 15) is 14.7 Å². The largest absolute Gasteiger partial charge is 0.507 e. The number of likely N-dealkylation sites (tertiary alicyclic amines) is 1. The number of rotatable bonds is 6. The second-order valence-corrected chi connectivity index (χ2v) is 8.35. The van der Waals surface area contributed by atoms with Gasteiger partial charge in [-0.25, -0.2) is 0 Å². The summed E-state index contributed by atoms with van der Waals surface area (Å²) in [6, 6.07) is 12.3. The summed E-state index contributed by atoms with van der Waals surface area (Å²) >= 11 is 6.06. The van der Waals surface area contributed by atoms with Crippen molar-refractivity contribution in [3.63, 3.8) is 0 Å². The number of carbonyl (C=O) groups excluding carboxylic acids is 2. The Bertz CT molecular complexity index is 919. The first-order valence-electron chi connectivity index (χ1n) is 10.1. The molecule has 1 saturated heterocycles. The molecule has 1 aliphatic heterocycles. The molecule has 30 heavy (non-hydrogen) atoms. The van der Waals surface area contributed by atoms with E-state index in [1.807, 2.05) is 23.1 Å². The number of benzene rings is 2. The fourth-order valence-electron chi connectivity index (χ4n) is 4.17. The van der Waals surface area contributed by atoms with Crippen LogP contribution in [0.15, 0.2) is 42.5 Å². The summed E-state index contributed by atoms with van der Waals surface area (Å²) in [5.41, 5.74) is 8.08. The number of hydrogen-bond acceptors (Lipinski definition) is 4. The number of piperidine rings is 1. The number of aryl methyl sites for hydroxylation is 1. The molecule has 1 heterocycles. The second-order valence-electron chi connectivity index (χ2n) is 7.91. The van der Waals surface area contributed by atoms with Gasteiger partial charge in [0.05, 0.1) is 12.1 Å². The number of phenolic OH excluding ortho intramolecular Hbond substituents is 1. The Morgan fingerprint density at radius 1 is 1.30 bits per heavy atom. The molecule has 6 nitrogen and oxygen atoms in total. The number of amides is 2. The maximum Gasteiger partial charge on any atom is 0.237 e. The third kappa shape index (κ3) is 4.94. The topological polar surface area (TPSA) is 95.7 Å². The lowest BCUT2D eigenvalue weighted by atomic mass is 9.84. The summed E-state index contributed by atoms with van der Waals surface area (Å²) in [5, 5.41) is 13.5. The molecule has 7 heteroatoms. The van der Waals surface area contributed by atoms with Gasteiger partial charge < -0.3 is 16.2 Å². The molecule has 2 aromatic carbocycles. The van der Waals surface area contributed by atoms with Crippen LogP contribution in [0.3, 0.4) is 0 Å². The van der Waals surface area contributed by atoms with Gasteiger partial charge in [0.15, 0.2) is 0 Å². The Labute approximate surface area is 182 Å². The van der Waals surface area contributed by atoms with Crippen molar-refractivity contribution in [2.75, 3.05) is 6.54 Å². The van der Waals surface area contributed by atoms with Gasteiger partial charge in [0.2, 0.25) is 11.8 Å². The normalized spacial score (nSPS) is 20.5. The minimum absolute atomic E-state index is 0.117. The Morgan fingerprint density at radius 3 is 2.67 bits per heavy atom. The van der Waals surface area contributed by atoms with Crippen LogP contribution in [-0.4, -0.2) is 40.4 Å². The Morgan fingerprint density at radius 2 is 2.00 bits per heavy atom. The molecule has 4 N–H and O–H groups in total. The van der Waals surface area contributed by atoms with Crippen LogP contribution in [0.25, 0.3) is 0 Å². The monoisotopic (exact) mass is 429 g/mol. The predicted octanol–water partition coefficient (Wildman–Crippen LogP) is 3.09. The highest BCUT2D eigenvalue weighted by Gasteiger charge is 2.37. The van der Waals surface area contributed by atoms with Crippen molar-refractivity contribution in [1.82, 2.24) is 10.2 Å². The van der Waals surface area contributed by atoms with Gasteiger partial charge in [-0.1, -0.05) is 41.9 Å². The van der Waals surface area contributed by atoms with Crippen molar-refractivity contribution in [3.8, 4) is 5.75 Å². The van der Waals surface area contributed by atoms with E-state index in [2.05, 4.69) is 17.4 Å². The van der Waals surface area contributed by atoms with Crippen molar-refractivity contribution in [3.05, 3.63) is 64.2 Å². The third-order valence-corrected chi connectivity index (χ3v) is 6.14. The highest BCUT2D eigenvalue weighted by atomic mass is 35.5. The van der Waals surface area contributed by atoms with Crippen LogP contribution in [0.2, 0.25) is 5.02 Å². The van der Waals surface area contributed by atoms with E-state index in [0.29, 0.717) is 29.1 Å². The fraction of sp³-hybridized carbons (Fsp3) is 0.391. The SMILES string of the molecule is Cc1cc(Cl)cc(CNC(=O)[C@H](C)N2CCC(c3ccccc3)CC2C(N)=O)c1O. The molecule has 0 aliphatic carbocycles. The van der Waals surface area contributed by atoms with E-state index in [4.69, 9.17) is 17.3 Å². The molecule has 3 rings (SSSR count). The van der Waals surface area contributed by atoms with E-state index in [-0.39, 0.29) is 24.1 Å². The fourth-order valence-corrected chi connectivity index (χ4v) is 4.47. The lowest BCUT2D eigenvalue weighted by Gasteiger charge is -2.40. The van der Waals surface area contributed by atoms with Crippen molar-refractivity contribution in [2.24, 2.45) is 5.73 Å². The molecule has 1 aliphatic rings. The van der Waals surface area contributed by atoms with Gasteiger partial charge in [-0.15, -0.1) is 0 Å². The minimum atomic E-state index is -0.526. The molecule has 0 spiro atoms. The van der Waals surface area contributed by atoms with Crippen LogP contribution >= 0.6 is 11.6 Å². The number of nitrogens with one attached hydrogen (secondary N) is 1. The van der Waals surface area contributed by atoms with Gasteiger partial charge in [0.25, 0.3) is 0 Å².